The van der Waals surface area contributed by atoms with Gasteiger partial charge in [0, 0.05) is 16.3 Å². The van der Waals surface area contributed by atoms with Gasteiger partial charge in [-0.3, -0.25) is 4.79 Å². The Bertz CT molecular complexity index is 1190. The van der Waals surface area contributed by atoms with E-state index >= 15 is 0 Å². The Balaban J connectivity index is 1.65. The molecule has 1 heterocycles. The Morgan fingerprint density at radius 1 is 0.964 bits per heavy atom. The van der Waals surface area contributed by atoms with E-state index < -0.39 is 0 Å². The molecule has 1 amide bonds. The highest BCUT2D eigenvalue weighted by atomic mass is 35.5. The van der Waals surface area contributed by atoms with E-state index in [0.29, 0.717) is 38.3 Å². The van der Waals surface area contributed by atoms with Gasteiger partial charge in [0.25, 0.3) is 5.91 Å². The number of aromatic nitrogens is 1. The van der Waals surface area contributed by atoms with E-state index in [4.69, 9.17) is 27.6 Å². The van der Waals surface area contributed by atoms with Crippen LogP contribution in [0.15, 0.2) is 59.0 Å². The molecule has 28 heavy (non-hydrogen) atoms. The minimum Gasteiger partial charge on any atom is -0.436 e. The molecule has 1 aromatic heterocycles. The first-order chi connectivity index (χ1) is 13.4. The maximum absolute atomic E-state index is 12.5. The number of hydrogen-bond acceptors (Lipinski definition) is 3. The molecule has 6 heteroatoms. The summed E-state index contributed by atoms with van der Waals surface area (Å²) >= 11 is 12.1. The number of hydrogen-bond donors (Lipinski definition) is 1. The van der Waals surface area contributed by atoms with Crippen LogP contribution in [0.1, 0.15) is 21.5 Å². The predicted molar refractivity (Wildman–Crippen MR) is 113 cm³/mol. The summed E-state index contributed by atoms with van der Waals surface area (Å²) in [6.07, 6.45) is 0. The molecule has 0 unspecified atom stereocenters. The number of carbonyl (C=O) groups excluding carboxylic acids is 1. The van der Waals surface area contributed by atoms with Gasteiger partial charge >= 0.3 is 0 Å². The van der Waals surface area contributed by atoms with Crippen molar-refractivity contribution < 1.29 is 9.21 Å². The highest BCUT2D eigenvalue weighted by Gasteiger charge is 2.14. The number of carbonyl (C=O) groups is 1. The van der Waals surface area contributed by atoms with Gasteiger partial charge in [-0.25, -0.2) is 4.98 Å². The second-order valence-corrected chi connectivity index (χ2v) is 7.50. The molecule has 0 aliphatic heterocycles. The lowest BCUT2D eigenvalue weighted by Gasteiger charge is -2.07. The minimum atomic E-state index is -0.343. The van der Waals surface area contributed by atoms with Gasteiger partial charge in [0.1, 0.15) is 5.52 Å². The van der Waals surface area contributed by atoms with Crippen LogP contribution in [0, 0.1) is 13.8 Å². The van der Waals surface area contributed by atoms with E-state index in [2.05, 4.69) is 16.4 Å². The highest BCUT2D eigenvalue weighted by Crippen LogP contribution is 2.28. The van der Waals surface area contributed by atoms with Gasteiger partial charge in [0.15, 0.2) is 5.58 Å². The van der Waals surface area contributed by atoms with Crippen LogP contribution in [-0.2, 0) is 0 Å². The molecule has 0 fully saturated rings. The maximum atomic E-state index is 12.5. The first-order valence-electron chi connectivity index (χ1n) is 8.65. The Morgan fingerprint density at radius 3 is 2.46 bits per heavy atom. The van der Waals surface area contributed by atoms with Crippen LogP contribution < -0.4 is 5.32 Å². The number of nitrogens with one attached hydrogen (secondary N) is 1. The fraction of sp³-hybridized carbons (Fsp3) is 0.0909. The van der Waals surface area contributed by atoms with Crippen LogP contribution >= 0.6 is 23.2 Å². The molecule has 0 aliphatic rings. The summed E-state index contributed by atoms with van der Waals surface area (Å²) in [5.74, 6) is 0.202. The largest absolute Gasteiger partial charge is 0.436 e. The molecular formula is C22H16Cl2N2O2. The van der Waals surface area contributed by atoms with E-state index in [-0.39, 0.29) is 5.91 Å². The molecule has 3 aromatic carbocycles. The van der Waals surface area contributed by atoms with E-state index in [1.807, 2.05) is 26.0 Å². The molecule has 0 atom stereocenters. The molecule has 0 radical (unpaired) electrons. The SMILES string of the molecule is Cc1cc(C)cc(-c2nc3cc(NC(=O)c4cc(Cl)ccc4Cl)ccc3o2)c1. The van der Waals surface area contributed by atoms with E-state index in [9.17, 15) is 4.79 Å². The van der Waals surface area contributed by atoms with Crippen molar-refractivity contribution in [2.45, 2.75) is 13.8 Å². The maximum Gasteiger partial charge on any atom is 0.257 e. The van der Waals surface area contributed by atoms with Gasteiger partial charge in [-0.2, -0.15) is 0 Å². The zero-order chi connectivity index (χ0) is 19.8. The smallest absolute Gasteiger partial charge is 0.257 e. The fourth-order valence-electron chi connectivity index (χ4n) is 3.10. The monoisotopic (exact) mass is 410 g/mol. The molecule has 0 saturated carbocycles. The van der Waals surface area contributed by atoms with E-state index in [1.165, 1.54) is 6.07 Å². The lowest BCUT2D eigenvalue weighted by molar-refractivity contribution is 0.102. The number of aryl methyl sites for hydroxylation is 2. The van der Waals surface area contributed by atoms with E-state index in [0.717, 1.165) is 16.7 Å². The topological polar surface area (TPSA) is 55.1 Å². The number of rotatable bonds is 3. The number of anilines is 1. The van der Waals surface area contributed by atoms with Crippen molar-refractivity contribution in [3.8, 4) is 11.5 Å². The molecule has 4 rings (SSSR count). The summed E-state index contributed by atoms with van der Waals surface area (Å²) in [4.78, 5) is 17.1. The number of halogens is 2. The summed E-state index contributed by atoms with van der Waals surface area (Å²) in [6.45, 7) is 4.07. The van der Waals surface area contributed by atoms with Crippen molar-refractivity contribution in [3.05, 3.63) is 81.3 Å². The number of fused-ring (bicyclic) bond motifs is 1. The third-order valence-electron chi connectivity index (χ3n) is 4.29. The lowest BCUT2D eigenvalue weighted by Crippen LogP contribution is -2.12. The van der Waals surface area contributed by atoms with Crippen molar-refractivity contribution in [2.24, 2.45) is 0 Å². The number of oxazole rings is 1. The van der Waals surface area contributed by atoms with Crippen LogP contribution in [0.4, 0.5) is 5.69 Å². The first kappa shape index (κ1) is 18.5. The quantitative estimate of drug-likeness (QED) is 0.410. The second-order valence-electron chi connectivity index (χ2n) is 6.66. The van der Waals surface area contributed by atoms with Gasteiger partial charge in [0.2, 0.25) is 5.89 Å². The van der Waals surface area contributed by atoms with Crippen LogP contribution in [-0.4, -0.2) is 10.9 Å². The molecule has 0 bridgehead atoms. The van der Waals surface area contributed by atoms with Gasteiger partial charge in [-0.1, -0.05) is 40.4 Å². The zero-order valence-electron chi connectivity index (χ0n) is 15.2. The van der Waals surface area contributed by atoms with Crippen LogP contribution in [0.3, 0.4) is 0 Å². The van der Waals surface area contributed by atoms with Crippen molar-refractivity contribution in [3.63, 3.8) is 0 Å². The van der Waals surface area contributed by atoms with Crippen molar-refractivity contribution in [1.82, 2.24) is 4.98 Å². The first-order valence-corrected chi connectivity index (χ1v) is 9.40. The zero-order valence-corrected chi connectivity index (χ0v) is 16.7. The van der Waals surface area contributed by atoms with Gasteiger partial charge in [-0.15, -0.1) is 0 Å². The summed E-state index contributed by atoms with van der Waals surface area (Å²) in [5.41, 5.74) is 5.41. The average Bonchev–Trinajstić information content (AvgIpc) is 3.06. The molecule has 140 valence electrons. The van der Waals surface area contributed by atoms with E-state index in [1.54, 1.807) is 30.3 Å². The normalized spacial score (nSPS) is 11.0. The Kier molecular flexibility index (Phi) is 4.84. The molecule has 0 spiro atoms. The van der Waals surface area contributed by atoms with Crippen LogP contribution in [0.2, 0.25) is 10.0 Å². The Labute approximate surface area is 172 Å². The third kappa shape index (κ3) is 3.75. The Hall–Kier alpha value is -2.82. The number of amides is 1. The molecule has 0 aliphatic carbocycles. The number of benzene rings is 3. The fourth-order valence-corrected chi connectivity index (χ4v) is 3.47. The van der Waals surface area contributed by atoms with Crippen molar-refractivity contribution >= 4 is 45.9 Å². The predicted octanol–water partition coefficient (Wildman–Crippen LogP) is 6.67. The van der Waals surface area contributed by atoms with Gasteiger partial charge in [0.05, 0.1) is 10.6 Å². The van der Waals surface area contributed by atoms with Gasteiger partial charge in [-0.05, 0) is 62.4 Å². The summed E-state index contributed by atoms with van der Waals surface area (Å²) in [5, 5.41) is 3.60. The van der Waals surface area contributed by atoms with Crippen molar-refractivity contribution in [2.75, 3.05) is 5.32 Å². The summed E-state index contributed by atoms with van der Waals surface area (Å²) in [7, 11) is 0. The van der Waals surface area contributed by atoms with Crippen LogP contribution in [0.25, 0.3) is 22.6 Å². The highest BCUT2D eigenvalue weighted by molar-refractivity contribution is 6.36. The van der Waals surface area contributed by atoms with Crippen LogP contribution in [0.5, 0.6) is 0 Å². The summed E-state index contributed by atoms with van der Waals surface area (Å²) < 4.78 is 5.88. The van der Waals surface area contributed by atoms with Crippen molar-refractivity contribution in [1.29, 1.82) is 0 Å². The van der Waals surface area contributed by atoms with Gasteiger partial charge < -0.3 is 9.73 Å². The second kappa shape index (κ2) is 7.30. The number of nitrogens with zero attached hydrogens (tertiary/aromatic N) is 1. The molecule has 4 aromatic rings. The lowest BCUT2D eigenvalue weighted by atomic mass is 10.1. The molecule has 0 saturated heterocycles. The molecular weight excluding hydrogens is 395 g/mol. The summed E-state index contributed by atoms with van der Waals surface area (Å²) in [6, 6.07) is 16.2. The molecule has 4 nitrogen and oxygen atoms in total. The Morgan fingerprint density at radius 2 is 1.71 bits per heavy atom. The molecule has 1 N–H and O–H groups in total. The minimum absolute atomic E-state index is 0.311. The standard InChI is InChI=1S/C22H16Cl2N2O2/c1-12-7-13(2)9-14(8-12)22-26-19-11-16(4-6-20(19)28-22)25-21(27)17-10-15(23)3-5-18(17)24/h3-11H,1-2H3,(H,25,27). The average molecular weight is 411 g/mol. The third-order valence-corrected chi connectivity index (χ3v) is 4.85.